The van der Waals surface area contributed by atoms with E-state index in [1.165, 1.54) is 0 Å². The van der Waals surface area contributed by atoms with Gasteiger partial charge in [-0.15, -0.1) is 5.10 Å². The molecule has 0 atom stereocenters. The second-order valence-corrected chi connectivity index (χ2v) is 6.27. The quantitative estimate of drug-likeness (QED) is 0.863. The van der Waals surface area contributed by atoms with E-state index in [1.54, 1.807) is 4.90 Å². The molecule has 1 aromatic carbocycles. The van der Waals surface area contributed by atoms with Crippen molar-refractivity contribution in [2.45, 2.75) is 19.4 Å². The van der Waals surface area contributed by atoms with Crippen molar-refractivity contribution in [3.63, 3.8) is 0 Å². The fourth-order valence-electron chi connectivity index (χ4n) is 2.58. The molecule has 1 aliphatic rings. The number of amides is 1. The van der Waals surface area contributed by atoms with E-state index in [9.17, 15) is 4.79 Å². The Bertz CT molecular complexity index is 698. The topological polar surface area (TPSA) is 49.3 Å². The van der Waals surface area contributed by atoms with Crippen LogP contribution in [0.4, 0.5) is 5.82 Å². The molecule has 6 heteroatoms. The van der Waals surface area contributed by atoms with Gasteiger partial charge in [0.2, 0.25) is 5.91 Å². The highest BCUT2D eigenvalue weighted by atomic mass is 35.5. The Morgan fingerprint density at radius 1 is 1.26 bits per heavy atom. The van der Waals surface area contributed by atoms with Gasteiger partial charge in [-0.1, -0.05) is 29.8 Å². The average molecular weight is 331 g/mol. The molecule has 23 heavy (non-hydrogen) atoms. The van der Waals surface area contributed by atoms with E-state index in [2.05, 4.69) is 15.1 Å². The molecule has 1 fully saturated rings. The zero-order chi connectivity index (χ0) is 16.4. The van der Waals surface area contributed by atoms with Gasteiger partial charge in [-0.05, 0) is 30.7 Å². The van der Waals surface area contributed by atoms with Gasteiger partial charge in [-0.3, -0.25) is 4.79 Å². The summed E-state index contributed by atoms with van der Waals surface area (Å²) >= 11 is 6.12. The number of hydrogen-bond acceptors (Lipinski definition) is 4. The van der Waals surface area contributed by atoms with Crippen LogP contribution in [0.15, 0.2) is 36.4 Å². The Morgan fingerprint density at radius 2 is 2.00 bits per heavy atom. The maximum Gasteiger partial charge on any atom is 0.227 e. The van der Waals surface area contributed by atoms with Crippen LogP contribution in [-0.4, -0.2) is 47.2 Å². The number of likely N-dealkylation sites (N-methyl/N-ethyl adjacent to an activating group) is 1. The van der Waals surface area contributed by atoms with Crippen molar-refractivity contribution in [3.8, 4) is 0 Å². The summed E-state index contributed by atoms with van der Waals surface area (Å²) in [5.74, 6) is 0.941. The van der Waals surface area contributed by atoms with Gasteiger partial charge in [0.25, 0.3) is 0 Å². The summed E-state index contributed by atoms with van der Waals surface area (Å²) in [7, 11) is 1.85. The second-order valence-electron chi connectivity index (χ2n) is 5.86. The average Bonchev–Trinajstić information content (AvgIpc) is 2.50. The largest absolute Gasteiger partial charge is 0.351 e. The van der Waals surface area contributed by atoms with Gasteiger partial charge in [-0.25, -0.2) is 0 Å². The number of aromatic nitrogens is 2. The van der Waals surface area contributed by atoms with E-state index in [-0.39, 0.29) is 11.9 Å². The first-order chi connectivity index (χ1) is 11.0. The highest BCUT2D eigenvalue weighted by Gasteiger charge is 2.33. The Hall–Kier alpha value is -2.14. The molecule has 2 heterocycles. The molecule has 2 aromatic rings. The van der Waals surface area contributed by atoms with E-state index in [1.807, 2.05) is 50.4 Å². The van der Waals surface area contributed by atoms with Crippen LogP contribution >= 0.6 is 11.6 Å². The fourth-order valence-corrected chi connectivity index (χ4v) is 2.78. The summed E-state index contributed by atoms with van der Waals surface area (Å²) in [4.78, 5) is 16.3. The summed E-state index contributed by atoms with van der Waals surface area (Å²) in [6.07, 6.45) is 0.330. The van der Waals surface area contributed by atoms with E-state index >= 15 is 0 Å². The normalized spacial score (nSPS) is 14.5. The molecule has 0 saturated carbocycles. The molecule has 1 amide bonds. The molecule has 0 unspecified atom stereocenters. The predicted molar refractivity (Wildman–Crippen MR) is 90.7 cm³/mol. The van der Waals surface area contributed by atoms with Crippen LogP contribution in [0, 0.1) is 6.92 Å². The van der Waals surface area contributed by atoms with Crippen LogP contribution in [0.3, 0.4) is 0 Å². The van der Waals surface area contributed by atoms with Gasteiger partial charge < -0.3 is 9.80 Å². The lowest BCUT2D eigenvalue weighted by Gasteiger charge is -2.44. The minimum absolute atomic E-state index is 0.0812. The predicted octanol–water partition coefficient (Wildman–Crippen LogP) is 2.33. The summed E-state index contributed by atoms with van der Waals surface area (Å²) in [6, 6.07) is 11.6. The summed E-state index contributed by atoms with van der Waals surface area (Å²) in [5.41, 5.74) is 1.77. The van der Waals surface area contributed by atoms with Gasteiger partial charge in [0, 0.05) is 25.2 Å². The van der Waals surface area contributed by atoms with E-state index < -0.39 is 0 Å². The van der Waals surface area contributed by atoms with Crippen LogP contribution in [0.25, 0.3) is 0 Å². The van der Waals surface area contributed by atoms with Crippen molar-refractivity contribution in [2.75, 3.05) is 25.0 Å². The first-order valence-corrected chi connectivity index (χ1v) is 7.97. The number of rotatable bonds is 4. The third kappa shape index (κ3) is 3.45. The smallest absolute Gasteiger partial charge is 0.227 e. The SMILES string of the molecule is Cc1ccc(N2CC(N(C)C(=O)Cc3ccccc3Cl)C2)nn1. The van der Waals surface area contributed by atoms with Crippen LogP contribution in [-0.2, 0) is 11.2 Å². The fraction of sp³-hybridized carbons (Fsp3) is 0.353. The number of carbonyl (C=O) groups is 1. The molecule has 1 aromatic heterocycles. The summed E-state index contributed by atoms with van der Waals surface area (Å²) < 4.78 is 0. The molecule has 120 valence electrons. The summed E-state index contributed by atoms with van der Waals surface area (Å²) in [6.45, 7) is 3.47. The van der Waals surface area contributed by atoms with Gasteiger partial charge in [0.15, 0.2) is 5.82 Å². The van der Waals surface area contributed by atoms with Gasteiger partial charge in [0.1, 0.15) is 0 Å². The number of aryl methyl sites for hydroxylation is 1. The van der Waals surface area contributed by atoms with Crippen molar-refractivity contribution in [3.05, 3.63) is 52.7 Å². The molecule has 0 bridgehead atoms. The van der Waals surface area contributed by atoms with Crippen LogP contribution in [0.2, 0.25) is 5.02 Å². The number of nitrogens with zero attached hydrogens (tertiary/aromatic N) is 4. The number of halogens is 1. The molecule has 0 N–H and O–H groups in total. The molecule has 5 nitrogen and oxygen atoms in total. The van der Waals surface area contributed by atoms with E-state index in [0.29, 0.717) is 11.4 Å². The Balaban J connectivity index is 1.56. The van der Waals surface area contributed by atoms with Crippen LogP contribution in [0.5, 0.6) is 0 Å². The van der Waals surface area contributed by atoms with Crippen molar-refractivity contribution >= 4 is 23.3 Å². The lowest BCUT2D eigenvalue weighted by Crippen LogP contribution is -2.60. The highest BCUT2D eigenvalue weighted by Crippen LogP contribution is 2.22. The van der Waals surface area contributed by atoms with E-state index in [4.69, 9.17) is 11.6 Å². The number of carbonyl (C=O) groups excluding carboxylic acids is 1. The zero-order valence-electron chi connectivity index (χ0n) is 13.2. The van der Waals surface area contributed by atoms with Gasteiger partial charge in [-0.2, -0.15) is 5.10 Å². The first-order valence-electron chi connectivity index (χ1n) is 7.59. The minimum atomic E-state index is 0.0812. The standard InChI is InChI=1S/C17H19ClN4O/c1-12-7-8-16(20-19-12)22-10-14(11-22)21(2)17(23)9-13-5-3-4-6-15(13)18/h3-8,14H,9-11H2,1-2H3. The monoisotopic (exact) mass is 330 g/mol. The van der Waals surface area contributed by atoms with Crippen molar-refractivity contribution < 1.29 is 4.79 Å². The Morgan fingerprint density at radius 3 is 2.65 bits per heavy atom. The van der Waals surface area contributed by atoms with Gasteiger partial charge in [0.05, 0.1) is 18.2 Å². The highest BCUT2D eigenvalue weighted by molar-refractivity contribution is 6.31. The molecular formula is C17H19ClN4O. The van der Waals surface area contributed by atoms with Crippen LogP contribution in [0.1, 0.15) is 11.3 Å². The third-order valence-corrected chi connectivity index (χ3v) is 4.58. The Labute approximate surface area is 140 Å². The number of benzene rings is 1. The molecule has 1 aliphatic heterocycles. The Kier molecular flexibility index (Phi) is 4.48. The maximum absolute atomic E-state index is 12.4. The molecule has 0 radical (unpaired) electrons. The lowest BCUT2D eigenvalue weighted by atomic mass is 10.1. The number of anilines is 1. The maximum atomic E-state index is 12.4. The molecular weight excluding hydrogens is 312 g/mol. The summed E-state index contributed by atoms with van der Waals surface area (Å²) in [5, 5.41) is 8.88. The van der Waals surface area contributed by atoms with E-state index in [0.717, 1.165) is 30.2 Å². The van der Waals surface area contributed by atoms with Crippen LogP contribution < -0.4 is 4.90 Å². The lowest BCUT2D eigenvalue weighted by molar-refractivity contribution is -0.131. The molecule has 0 spiro atoms. The third-order valence-electron chi connectivity index (χ3n) is 4.21. The number of hydrogen-bond donors (Lipinski definition) is 0. The minimum Gasteiger partial charge on any atom is -0.351 e. The second kappa shape index (κ2) is 6.54. The molecule has 3 rings (SSSR count). The first kappa shape index (κ1) is 15.7. The van der Waals surface area contributed by atoms with Gasteiger partial charge >= 0.3 is 0 Å². The van der Waals surface area contributed by atoms with Crippen molar-refractivity contribution in [1.29, 1.82) is 0 Å². The van der Waals surface area contributed by atoms with Crippen molar-refractivity contribution in [1.82, 2.24) is 15.1 Å². The molecule has 1 saturated heterocycles. The van der Waals surface area contributed by atoms with Crippen molar-refractivity contribution in [2.24, 2.45) is 0 Å². The zero-order valence-corrected chi connectivity index (χ0v) is 14.0. The molecule has 0 aliphatic carbocycles.